The normalized spacial score (nSPS) is 24.8. The molecule has 2 atom stereocenters. The molecule has 0 aromatic carbocycles. The van der Waals surface area contributed by atoms with E-state index in [9.17, 15) is 9.18 Å². The van der Waals surface area contributed by atoms with Crippen LogP contribution in [0.25, 0.3) is 0 Å². The van der Waals surface area contributed by atoms with E-state index in [0.717, 1.165) is 13.0 Å². The van der Waals surface area contributed by atoms with Crippen molar-refractivity contribution in [3.05, 3.63) is 0 Å². The molecule has 0 saturated carbocycles. The summed E-state index contributed by atoms with van der Waals surface area (Å²) >= 11 is 0. The summed E-state index contributed by atoms with van der Waals surface area (Å²) < 4.78 is 13.4. The second kappa shape index (κ2) is 4.56. The lowest BCUT2D eigenvalue weighted by Crippen LogP contribution is -2.40. The summed E-state index contributed by atoms with van der Waals surface area (Å²) in [7, 11) is 0. The molecule has 1 amide bonds. The lowest BCUT2D eigenvalue weighted by atomic mass is 10.0. The van der Waals surface area contributed by atoms with Crippen molar-refractivity contribution in [2.75, 3.05) is 13.1 Å². The number of carbonyl (C=O) groups is 1. The predicted molar refractivity (Wildman–Crippen MR) is 49.2 cm³/mol. The van der Waals surface area contributed by atoms with Gasteiger partial charge in [-0.2, -0.15) is 0 Å². The Kier molecular flexibility index (Phi) is 3.66. The maximum Gasteiger partial charge on any atom is 0.255 e. The van der Waals surface area contributed by atoms with Crippen LogP contribution in [0.4, 0.5) is 4.39 Å². The fourth-order valence-electron chi connectivity index (χ4n) is 1.50. The first kappa shape index (κ1) is 10.4. The van der Waals surface area contributed by atoms with Crippen LogP contribution in [-0.2, 0) is 4.79 Å². The van der Waals surface area contributed by atoms with E-state index < -0.39 is 12.1 Å². The van der Waals surface area contributed by atoms with Gasteiger partial charge >= 0.3 is 0 Å². The Balaban J connectivity index is 2.36. The van der Waals surface area contributed by atoms with Crippen molar-refractivity contribution in [3.8, 4) is 0 Å². The molecule has 1 saturated heterocycles. The average Bonchev–Trinajstić information content (AvgIpc) is 2.53. The van der Waals surface area contributed by atoms with Crippen LogP contribution in [0.5, 0.6) is 0 Å². The summed E-state index contributed by atoms with van der Waals surface area (Å²) in [6, 6.07) is 0.0140. The molecular weight excluding hydrogens is 171 g/mol. The molecule has 1 rings (SSSR count). The highest BCUT2D eigenvalue weighted by atomic mass is 19.1. The lowest BCUT2D eigenvalue weighted by molar-refractivity contribution is -0.128. The summed E-state index contributed by atoms with van der Waals surface area (Å²) in [4.78, 5) is 11.2. The number of halogens is 1. The number of amides is 1. The van der Waals surface area contributed by atoms with Gasteiger partial charge in [-0.1, -0.05) is 0 Å². The van der Waals surface area contributed by atoms with Crippen molar-refractivity contribution in [3.63, 3.8) is 0 Å². The minimum Gasteiger partial charge on any atom is -0.351 e. The number of hydrogen-bond donors (Lipinski definition) is 2. The number of alkyl halides is 1. The molecule has 1 heterocycles. The molecule has 1 aliphatic heterocycles. The Morgan fingerprint density at radius 2 is 2.31 bits per heavy atom. The van der Waals surface area contributed by atoms with Gasteiger partial charge in [0.2, 0.25) is 0 Å². The van der Waals surface area contributed by atoms with Crippen molar-refractivity contribution in [2.45, 2.75) is 32.5 Å². The van der Waals surface area contributed by atoms with Crippen molar-refractivity contribution in [1.29, 1.82) is 0 Å². The molecule has 1 aliphatic rings. The van der Waals surface area contributed by atoms with E-state index in [-0.39, 0.29) is 12.0 Å². The average molecular weight is 188 g/mol. The third-order valence-corrected chi connectivity index (χ3v) is 2.19. The largest absolute Gasteiger partial charge is 0.351 e. The van der Waals surface area contributed by atoms with E-state index in [2.05, 4.69) is 10.6 Å². The van der Waals surface area contributed by atoms with Crippen LogP contribution < -0.4 is 10.6 Å². The maximum absolute atomic E-state index is 13.4. The van der Waals surface area contributed by atoms with Gasteiger partial charge in [-0.3, -0.25) is 4.79 Å². The van der Waals surface area contributed by atoms with Crippen LogP contribution in [0.2, 0.25) is 0 Å². The van der Waals surface area contributed by atoms with Gasteiger partial charge in [-0.15, -0.1) is 0 Å². The number of carbonyl (C=O) groups excluding carboxylic acids is 1. The second-order valence-corrected chi connectivity index (χ2v) is 3.82. The first-order valence-corrected chi connectivity index (χ1v) is 4.76. The minimum atomic E-state index is -1.35. The van der Waals surface area contributed by atoms with Gasteiger partial charge < -0.3 is 10.6 Å². The molecule has 13 heavy (non-hydrogen) atoms. The van der Waals surface area contributed by atoms with Crippen LogP contribution >= 0.6 is 0 Å². The molecule has 0 aromatic heterocycles. The van der Waals surface area contributed by atoms with Gasteiger partial charge in [0, 0.05) is 18.5 Å². The molecule has 0 aromatic rings. The Hall–Kier alpha value is -0.640. The number of hydrogen-bond acceptors (Lipinski definition) is 2. The van der Waals surface area contributed by atoms with Crippen LogP contribution in [0.3, 0.4) is 0 Å². The topological polar surface area (TPSA) is 41.1 Å². The molecule has 0 spiro atoms. The molecule has 4 heteroatoms. The molecule has 1 fully saturated rings. The highest BCUT2D eigenvalue weighted by Gasteiger charge is 2.30. The summed E-state index contributed by atoms with van der Waals surface area (Å²) in [6.45, 7) is 5.10. The zero-order valence-electron chi connectivity index (χ0n) is 8.14. The van der Waals surface area contributed by atoms with Crippen molar-refractivity contribution in [1.82, 2.24) is 10.6 Å². The fourth-order valence-corrected chi connectivity index (χ4v) is 1.50. The summed E-state index contributed by atoms with van der Waals surface area (Å²) in [5.74, 6) is -0.609. The molecule has 0 radical (unpaired) electrons. The monoisotopic (exact) mass is 188 g/mol. The third kappa shape index (κ3) is 2.95. The number of rotatable bonds is 3. The first-order chi connectivity index (χ1) is 6.11. The molecule has 76 valence electrons. The molecule has 0 aliphatic carbocycles. The van der Waals surface area contributed by atoms with Gasteiger partial charge in [-0.05, 0) is 26.8 Å². The molecule has 0 bridgehead atoms. The van der Waals surface area contributed by atoms with Crippen molar-refractivity contribution >= 4 is 5.91 Å². The summed E-state index contributed by atoms with van der Waals surface area (Å²) in [5.41, 5.74) is 0. The highest BCUT2D eigenvalue weighted by Crippen LogP contribution is 2.15. The van der Waals surface area contributed by atoms with Gasteiger partial charge in [0.05, 0.1) is 0 Å². The molecule has 2 unspecified atom stereocenters. The Morgan fingerprint density at radius 1 is 1.62 bits per heavy atom. The quantitative estimate of drug-likeness (QED) is 0.675. The van der Waals surface area contributed by atoms with Crippen molar-refractivity contribution in [2.24, 2.45) is 5.92 Å². The van der Waals surface area contributed by atoms with Gasteiger partial charge in [0.1, 0.15) is 0 Å². The molecular formula is C9H17FN2O. The van der Waals surface area contributed by atoms with E-state index in [4.69, 9.17) is 0 Å². The first-order valence-electron chi connectivity index (χ1n) is 4.76. The van der Waals surface area contributed by atoms with E-state index in [1.54, 1.807) is 0 Å². The maximum atomic E-state index is 13.4. The predicted octanol–water partition coefficient (Wildman–Crippen LogP) is 0.459. The van der Waals surface area contributed by atoms with Gasteiger partial charge in [0.15, 0.2) is 6.17 Å². The van der Waals surface area contributed by atoms with Gasteiger partial charge in [-0.25, -0.2) is 4.39 Å². The van der Waals surface area contributed by atoms with E-state index in [1.165, 1.54) is 0 Å². The summed E-state index contributed by atoms with van der Waals surface area (Å²) in [6.07, 6.45) is -0.593. The van der Waals surface area contributed by atoms with E-state index in [1.807, 2.05) is 13.8 Å². The Labute approximate surface area is 78.1 Å². The highest BCUT2D eigenvalue weighted by molar-refractivity contribution is 5.81. The summed E-state index contributed by atoms with van der Waals surface area (Å²) in [5, 5.41) is 5.62. The Morgan fingerprint density at radius 3 is 2.77 bits per heavy atom. The SMILES string of the molecule is CC(C)NC(=O)C(F)C1CCNC1. The zero-order chi connectivity index (χ0) is 9.84. The van der Waals surface area contributed by atoms with Crippen LogP contribution in [0.1, 0.15) is 20.3 Å². The van der Waals surface area contributed by atoms with E-state index in [0.29, 0.717) is 6.54 Å². The van der Waals surface area contributed by atoms with Crippen molar-refractivity contribution < 1.29 is 9.18 Å². The smallest absolute Gasteiger partial charge is 0.255 e. The number of nitrogens with one attached hydrogen (secondary N) is 2. The van der Waals surface area contributed by atoms with E-state index >= 15 is 0 Å². The minimum absolute atomic E-state index is 0.0140. The van der Waals surface area contributed by atoms with Crippen LogP contribution in [0.15, 0.2) is 0 Å². The Bertz CT molecular complexity index is 178. The fraction of sp³-hybridized carbons (Fsp3) is 0.889. The molecule has 2 N–H and O–H groups in total. The standard InChI is InChI=1S/C9H17FN2O/c1-6(2)12-9(13)8(10)7-3-4-11-5-7/h6-8,11H,3-5H2,1-2H3,(H,12,13). The van der Waals surface area contributed by atoms with Gasteiger partial charge in [0.25, 0.3) is 5.91 Å². The van der Waals surface area contributed by atoms with Crippen LogP contribution in [-0.4, -0.2) is 31.2 Å². The zero-order valence-corrected chi connectivity index (χ0v) is 8.14. The third-order valence-electron chi connectivity index (χ3n) is 2.19. The second-order valence-electron chi connectivity index (χ2n) is 3.82. The molecule has 3 nitrogen and oxygen atoms in total. The lowest BCUT2D eigenvalue weighted by Gasteiger charge is -2.16. The van der Waals surface area contributed by atoms with Crippen LogP contribution in [0, 0.1) is 5.92 Å².